The van der Waals surface area contributed by atoms with E-state index in [0.29, 0.717) is 6.61 Å². The topological polar surface area (TPSA) is 39.7 Å². The minimum absolute atomic E-state index is 0.177. The number of ether oxygens (including phenoxy) is 3. The van der Waals surface area contributed by atoms with Gasteiger partial charge in [-0.1, -0.05) is 12.1 Å². The molecule has 0 radical (unpaired) electrons. The van der Waals surface area contributed by atoms with Crippen molar-refractivity contribution in [3.8, 4) is 11.5 Å². The Morgan fingerprint density at radius 3 is 3.00 bits per heavy atom. The zero-order valence-corrected chi connectivity index (χ0v) is 11.6. The molecule has 1 N–H and O–H groups in total. The molecule has 1 heterocycles. The molecule has 4 nitrogen and oxygen atoms in total. The molecule has 2 rings (SSSR count). The largest absolute Gasteiger partial charge is 0.490 e. The van der Waals surface area contributed by atoms with Crippen LogP contribution in [0.3, 0.4) is 0 Å². The first-order chi connectivity index (χ1) is 9.40. The van der Waals surface area contributed by atoms with Gasteiger partial charge in [0.15, 0.2) is 11.5 Å². The number of hydrogen-bond acceptors (Lipinski definition) is 4. The van der Waals surface area contributed by atoms with Crippen LogP contribution >= 0.6 is 0 Å². The molecule has 1 aliphatic heterocycles. The Kier molecular flexibility index (Phi) is 5.98. The van der Waals surface area contributed by atoms with E-state index in [1.807, 2.05) is 31.2 Å². The predicted octanol–water partition coefficient (Wildman–Crippen LogP) is 2.23. The van der Waals surface area contributed by atoms with E-state index in [2.05, 4.69) is 5.32 Å². The third-order valence-corrected chi connectivity index (χ3v) is 3.06. The standard InChI is InChI=1S/C15H23NO3/c1-2-17-10-5-9-16-12-13-8-11-18-14-6-3-4-7-15(14)19-13/h3-4,6-7,13,16H,2,5,8-12H2,1H3. The summed E-state index contributed by atoms with van der Waals surface area (Å²) in [5.41, 5.74) is 0. The fourth-order valence-electron chi connectivity index (χ4n) is 2.06. The summed E-state index contributed by atoms with van der Waals surface area (Å²) < 4.78 is 16.9. The van der Waals surface area contributed by atoms with Crippen LogP contribution in [-0.4, -0.2) is 39.0 Å². The van der Waals surface area contributed by atoms with Crippen LogP contribution in [0.15, 0.2) is 24.3 Å². The van der Waals surface area contributed by atoms with Crippen molar-refractivity contribution >= 4 is 0 Å². The molecule has 0 aromatic heterocycles. The smallest absolute Gasteiger partial charge is 0.161 e. The highest BCUT2D eigenvalue weighted by molar-refractivity contribution is 5.40. The fraction of sp³-hybridized carbons (Fsp3) is 0.600. The van der Waals surface area contributed by atoms with Gasteiger partial charge in [-0.15, -0.1) is 0 Å². The Balaban J connectivity index is 1.70. The quantitative estimate of drug-likeness (QED) is 0.767. The number of nitrogens with one attached hydrogen (secondary N) is 1. The molecule has 0 spiro atoms. The van der Waals surface area contributed by atoms with E-state index in [9.17, 15) is 0 Å². The Morgan fingerprint density at radius 2 is 2.16 bits per heavy atom. The molecule has 106 valence electrons. The van der Waals surface area contributed by atoms with Gasteiger partial charge in [0.2, 0.25) is 0 Å². The van der Waals surface area contributed by atoms with Crippen molar-refractivity contribution in [3.63, 3.8) is 0 Å². The molecule has 1 aromatic rings. The molecule has 1 unspecified atom stereocenters. The molecule has 0 bridgehead atoms. The third-order valence-electron chi connectivity index (χ3n) is 3.06. The molecule has 1 atom stereocenters. The van der Waals surface area contributed by atoms with Crippen LogP contribution in [0.25, 0.3) is 0 Å². The molecular weight excluding hydrogens is 242 g/mol. The molecule has 1 aliphatic rings. The van der Waals surface area contributed by atoms with Gasteiger partial charge in [-0.3, -0.25) is 0 Å². The second-order valence-electron chi connectivity index (χ2n) is 4.58. The molecule has 19 heavy (non-hydrogen) atoms. The number of rotatable bonds is 7. The van der Waals surface area contributed by atoms with Crippen molar-refractivity contribution < 1.29 is 14.2 Å². The van der Waals surface area contributed by atoms with Crippen LogP contribution in [0.2, 0.25) is 0 Å². The van der Waals surface area contributed by atoms with Crippen molar-refractivity contribution in [2.75, 3.05) is 32.9 Å². The van der Waals surface area contributed by atoms with E-state index >= 15 is 0 Å². The molecule has 0 fully saturated rings. The summed E-state index contributed by atoms with van der Waals surface area (Å²) >= 11 is 0. The molecule has 0 aliphatic carbocycles. The fourth-order valence-corrected chi connectivity index (χ4v) is 2.06. The maximum Gasteiger partial charge on any atom is 0.161 e. The lowest BCUT2D eigenvalue weighted by molar-refractivity contribution is 0.142. The summed E-state index contributed by atoms with van der Waals surface area (Å²) in [5, 5.41) is 3.41. The Bertz CT molecular complexity index is 370. The molecule has 0 saturated heterocycles. The normalized spacial score (nSPS) is 18.1. The van der Waals surface area contributed by atoms with Crippen molar-refractivity contribution in [1.82, 2.24) is 5.32 Å². The zero-order valence-electron chi connectivity index (χ0n) is 11.6. The molecule has 4 heteroatoms. The maximum atomic E-state index is 5.97. The molecular formula is C15H23NO3. The van der Waals surface area contributed by atoms with Crippen LogP contribution in [0.1, 0.15) is 19.8 Å². The van der Waals surface area contributed by atoms with Gasteiger partial charge in [0, 0.05) is 26.2 Å². The van der Waals surface area contributed by atoms with Crippen molar-refractivity contribution in [1.29, 1.82) is 0 Å². The second kappa shape index (κ2) is 8.02. The van der Waals surface area contributed by atoms with Crippen LogP contribution in [0.4, 0.5) is 0 Å². The van der Waals surface area contributed by atoms with Gasteiger partial charge in [-0.2, -0.15) is 0 Å². The number of benzene rings is 1. The second-order valence-corrected chi connectivity index (χ2v) is 4.58. The van der Waals surface area contributed by atoms with Crippen LogP contribution in [-0.2, 0) is 4.74 Å². The average Bonchev–Trinajstić information content (AvgIpc) is 2.64. The Morgan fingerprint density at radius 1 is 1.32 bits per heavy atom. The van der Waals surface area contributed by atoms with Crippen LogP contribution in [0, 0.1) is 0 Å². The predicted molar refractivity (Wildman–Crippen MR) is 74.9 cm³/mol. The summed E-state index contributed by atoms with van der Waals surface area (Å²) in [6.45, 7) is 6.15. The number of para-hydroxylation sites is 2. The zero-order chi connectivity index (χ0) is 13.3. The highest BCUT2D eigenvalue weighted by Gasteiger charge is 2.17. The molecule has 1 aromatic carbocycles. The first-order valence-corrected chi connectivity index (χ1v) is 7.07. The van der Waals surface area contributed by atoms with E-state index in [-0.39, 0.29) is 6.10 Å². The monoisotopic (exact) mass is 265 g/mol. The molecule has 0 amide bonds. The van der Waals surface area contributed by atoms with E-state index in [4.69, 9.17) is 14.2 Å². The first-order valence-electron chi connectivity index (χ1n) is 7.07. The minimum Gasteiger partial charge on any atom is -0.490 e. The summed E-state index contributed by atoms with van der Waals surface area (Å²) in [6.07, 6.45) is 2.12. The Labute approximate surface area is 115 Å². The Hall–Kier alpha value is -1.26. The lowest BCUT2D eigenvalue weighted by atomic mass is 10.2. The van der Waals surface area contributed by atoms with Gasteiger partial charge >= 0.3 is 0 Å². The summed E-state index contributed by atoms with van der Waals surface area (Å²) in [7, 11) is 0. The summed E-state index contributed by atoms with van der Waals surface area (Å²) in [5.74, 6) is 1.70. The van der Waals surface area contributed by atoms with Crippen LogP contribution in [0.5, 0.6) is 11.5 Å². The third kappa shape index (κ3) is 4.73. The highest BCUT2D eigenvalue weighted by Crippen LogP contribution is 2.30. The maximum absolute atomic E-state index is 5.97. The first kappa shape index (κ1) is 14.2. The van der Waals surface area contributed by atoms with E-state index < -0.39 is 0 Å². The summed E-state index contributed by atoms with van der Waals surface area (Å²) in [4.78, 5) is 0. The van der Waals surface area contributed by atoms with Gasteiger partial charge in [-0.25, -0.2) is 0 Å². The van der Waals surface area contributed by atoms with Gasteiger partial charge in [0.25, 0.3) is 0 Å². The van der Waals surface area contributed by atoms with Crippen molar-refractivity contribution in [2.45, 2.75) is 25.9 Å². The van der Waals surface area contributed by atoms with E-state index in [0.717, 1.165) is 50.6 Å². The average molecular weight is 265 g/mol. The lowest BCUT2D eigenvalue weighted by Crippen LogP contribution is -2.32. The van der Waals surface area contributed by atoms with Gasteiger partial charge in [-0.05, 0) is 32.0 Å². The van der Waals surface area contributed by atoms with Crippen LogP contribution < -0.4 is 14.8 Å². The van der Waals surface area contributed by atoms with E-state index in [1.54, 1.807) is 0 Å². The number of hydrogen-bond donors (Lipinski definition) is 1. The van der Waals surface area contributed by atoms with Crippen molar-refractivity contribution in [2.24, 2.45) is 0 Å². The molecule has 0 saturated carbocycles. The van der Waals surface area contributed by atoms with Gasteiger partial charge in [0.05, 0.1) is 6.61 Å². The highest BCUT2D eigenvalue weighted by atomic mass is 16.5. The SMILES string of the molecule is CCOCCCNCC1CCOc2ccccc2O1. The summed E-state index contributed by atoms with van der Waals surface area (Å²) in [6, 6.07) is 7.85. The van der Waals surface area contributed by atoms with Gasteiger partial charge in [0.1, 0.15) is 6.10 Å². The lowest BCUT2D eigenvalue weighted by Gasteiger charge is -2.16. The minimum atomic E-state index is 0.177. The van der Waals surface area contributed by atoms with E-state index in [1.165, 1.54) is 0 Å². The van der Waals surface area contributed by atoms with Crippen molar-refractivity contribution in [3.05, 3.63) is 24.3 Å². The van der Waals surface area contributed by atoms with Gasteiger partial charge < -0.3 is 19.5 Å². The number of fused-ring (bicyclic) bond motifs is 1.